The molecule has 88 valence electrons. The van der Waals surface area contributed by atoms with Crippen LogP contribution in [0.25, 0.3) is 0 Å². The van der Waals surface area contributed by atoms with Gasteiger partial charge in [0.1, 0.15) is 0 Å². The van der Waals surface area contributed by atoms with Crippen LogP contribution in [0.1, 0.15) is 32.6 Å². The van der Waals surface area contributed by atoms with Gasteiger partial charge in [0, 0.05) is 17.8 Å². The highest BCUT2D eigenvalue weighted by Gasteiger charge is 2.26. The number of esters is 1. The highest BCUT2D eigenvalue weighted by atomic mass is 32.2. The zero-order valence-electron chi connectivity index (χ0n) is 9.62. The summed E-state index contributed by atoms with van der Waals surface area (Å²) < 4.78 is 4.61. The number of thioether (sulfide) groups is 1. The van der Waals surface area contributed by atoms with E-state index in [2.05, 4.69) is 17.0 Å². The van der Waals surface area contributed by atoms with Crippen molar-refractivity contribution < 1.29 is 9.53 Å². The van der Waals surface area contributed by atoms with Crippen molar-refractivity contribution in [3.8, 4) is 0 Å². The maximum Gasteiger partial charge on any atom is 0.306 e. The molecule has 1 N–H and O–H groups in total. The van der Waals surface area contributed by atoms with E-state index in [0.29, 0.717) is 12.5 Å². The number of methoxy groups -OCH3 is 1. The normalized spacial score (nSPS) is 25.5. The quantitative estimate of drug-likeness (QED) is 0.708. The van der Waals surface area contributed by atoms with Crippen LogP contribution in [0.3, 0.4) is 0 Å². The minimum atomic E-state index is -0.125. The fourth-order valence-electron chi connectivity index (χ4n) is 2.03. The summed E-state index contributed by atoms with van der Waals surface area (Å²) >= 11 is 2.03. The summed E-state index contributed by atoms with van der Waals surface area (Å²) in [6, 6.07) is 0.597. The van der Waals surface area contributed by atoms with Gasteiger partial charge in [0.2, 0.25) is 0 Å². The first kappa shape index (κ1) is 12.8. The molecule has 0 aromatic carbocycles. The molecule has 1 rings (SSSR count). The topological polar surface area (TPSA) is 38.3 Å². The summed E-state index contributed by atoms with van der Waals surface area (Å²) in [6.45, 7) is 2.95. The molecule has 3 nitrogen and oxygen atoms in total. The Bertz CT molecular complexity index is 199. The van der Waals surface area contributed by atoms with Crippen molar-refractivity contribution in [2.45, 2.75) is 43.9 Å². The molecule has 0 saturated heterocycles. The highest BCUT2D eigenvalue weighted by Crippen LogP contribution is 2.29. The number of nitrogens with one attached hydrogen (secondary N) is 1. The van der Waals surface area contributed by atoms with Crippen molar-refractivity contribution in [2.75, 3.05) is 19.4 Å². The number of hydrogen-bond donors (Lipinski definition) is 1. The Hall–Kier alpha value is -0.220. The van der Waals surface area contributed by atoms with Gasteiger partial charge < -0.3 is 10.1 Å². The molecule has 2 unspecified atom stereocenters. The van der Waals surface area contributed by atoms with Crippen LogP contribution in [0.5, 0.6) is 0 Å². The smallest absolute Gasteiger partial charge is 0.306 e. The van der Waals surface area contributed by atoms with E-state index in [1.54, 1.807) is 0 Å². The molecule has 1 fully saturated rings. The molecular weight excluding hydrogens is 210 g/mol. The van der Waals surface area contributed by atoms with E-state index < -0.39 is 0 Å². The Morgan fingerprint density at radius 1 is 1.53 bits per heavy atom. The molecule has 4 heteroatoms. The van der Waals surface area contributed by atoms with Crippen molar-refractivity contribution >= 4 is 17.7 Å². The van der Waals surface area contributed by atoms with Crippen LogP contribution < -0.4 is 5.32 Å². The average Bonchev–Trinajstić information content (AvgIpc) is 2.66. The minimum Gasteiger partial charge on any atom is -0.469 e. The molecule has 0 heterocycles. The molecule has 0 aromatic heterocycles. The monoisotopic (exact) mass is 231 g/mol. The van der Waals surface area contributed by atoms with Crippen LogP contribution in [0.4, 0.5) is 0 Å². The first-order chi connectivity index (χ1) is 7.27. The predicted octanol–water partition coefficient (Wildman–Crippen LogP) is 1.81. The Kier molecular flexibility index (Phi) is 6.10. The maximum absolute atomic E-state index is 10.9. The van der Waals surface area contributed by atoms with E-state index in [9.17, 15) is 4.79 Å². The van der Waals surface area contributed by atoms with Crippen LogP contribution >= 0.6 is 11.8 Å². The fourth-order valence-corrected chi connectivity index (χ4v) is 3.26. The molecule has 1 aliphatic rings. The van der Waals surface area contributed by atoms with Gasteiger partial charge in [0.15, 0.2) is 0 Å². The number of hydrogen-bond acceptors (Lipinski definition) is 4. The predicted molar refractivity (Wildman–Crippen MR) is 64.2 cm³/mol. The highest BCUT2D eigenvalue weighted by molar-refractivity contribution is 7.99. The summed E-state index contributed by atoms with van der Waals surface area (Å²) in [7, 11) is 1.44. The molecule has 0 bridgehead atoms. The van der Waals surface area contributed by atoms with Crippen molar-refractivity contribution in [3.63, 3.8) is 0 Å². The second-order valence-electron chi connectivity index (χ2n) is 3.81. The molecule has 0 spiro atoms. The lowest BCUT2D eigenvalue weighted by Crippen LogP contribution is -2.35. The third-order valence-electron chi connectivity index (χ3n) is 2.80. The first-order valence-corrected chi connectivity index (χ1v) is 6.74. The Balaban J connectivity index is 2.16. The Labute approximate surface area is 96.3 Å². The SMILES string of the molecule is CCSC1CCCC1NCCC(=O)OC. The summed E-state index contributed by atoms with van der Waals surface area (Å²) in [5.41, 5.74) is 0. The Morgan fingerprint density at radius 3 is 3.00 bits per heavy atom. The molecule has 0 radical (unpaired) electrons. The summed E-state index contributed by atoms with van der Waals surface area (Å²) in [4.78, 5) is 10.9. The van der Waals surface area contributed by atoms with Crippen molar-refractivity contribution in [3.05, 3.63) is 0 Å². The summed E-state index contributed by atoms with van der Waals surface area (Å²) in [5, 5.41) is 4.20. The molecular formula is C11H21NO2S. The molecule has 1 aliphatic carbocycles. The van der Waals surface area contributed by atoms with Crippen LogP contribution in [0.15, 0.2) is 0 Å². The standard InChI is InChI=1S/C11H21NO2S/c1-3-15-10-6-4-5-9(10)12-8-7-11(13)14-2/h9-10,12H,3-8H2,1-2H3. The van der Waals surface area contributed by atoms with Gasteiger partial charge in [-0.1, -0.05) is 13.3 Å². The molecule has 0 amide bonds. The van der Waals surface area contributed by atoms with E-state index >= 15 is 0 Å². The zero-order chi connectivity index (χ0) is 11.1. The summed E-state index contributed by atoms with van der Waals surface area (Å²) in [5.74, 6) is 1.06. The fraction of sp³-hybridized carbons (Fsp3) is 0.909. The van der Waals surface area contributed by atoms with Gasteiger partial charge in [-0.25, -0.2) is 0 Å². The van der Waals surface area contributed by atoms with Gasteiger partial charge in [-0.3, -0.25) is 4.79 Å². The lowest BCUT2D eigenvalue weighted by atomic mass is 10.2. The number of ether oxygens (including phenoxy) is 1. The third-order valence-corrected chi connectivity index (χ3v) is 4.12. The molecule has 15 heavy (non-hydrogen) atoms. The summed E-state index contributed by atoms with van der Waals surface area (Å²) in [6.07, 6.45) is 4.36. The second kappa shape index (κ2) is 7.12. The molecule has 2 atom stereocenters. The average molecular weight is 231 g/mol. The Morgan fingerprint density at radius 2 is 2.33 bits per heavy atom. The second-order valence-corrected chi connectivity index (χ2v) is 5.33. The number of rotatable bonds is 6. The van der Waals surface area contributed by atoms with Gasteiger partial charge in [-0.15, -0.1) is 0 Å². The van der Waals surface area contributed by atoms with Crippen LogP contribution in [0.2, 0.25) is 0 Å². The lowest BCUT2D eigenvalue weighted by Gasteiger charge is -2.19. The van der Waals surface area contributed by atoms with E-state index in [4.69, 9.17) is 0 Å². The minimum absolute atomic E-state index is 0.125. The van der Waals surface area contributed by atoms with Gasteiger partial charge >= 0.3 is 5.97 Å². The van der Waals surface area contributed by atoms with Crippen LogP contribution in [-0.4, -0.2) is 36.7 Å². The van der Waals surface area contributed by atoms with Gasteiger partial charge in [-0.05, 0) is 18.6 Å². The zero-order valence-corrected chi connectivity index (χ0v) is 10.4. The van der Waals surface area contributed by atoms with E-state index in [0.717, 1.165) is 11.8 Å². The van der Waals surface area contributed by atoms with E-state index in [-0.39, 0.29) is 5.97 Å². The third kappa shape index (κ3) is 4.43. The lowest BCUT2D eigenvalue weighted by molar-refractivity contribution is -0.140. The van der Waals surface area contributed by atoms with E-state index in [1.807, 2.05) is 11.8 Å². The van der Waals surface area contributed by atoms with Gasteiger partial charge in [-0.2, -0.15) is 11.8 Å². The van der Waals surface area contributed by atoms with Crippen LogP contribution in [-0.2, 0) is 9.53 Å². The van der Waals surface area contributed by atoms with Crippen LogP contribution in [0, 0.1) is 0 Å². The largest absolute Gasteiger partial charge is 0.469 e. The number of carbonyl (C=O) groups excluding carboxylic acids is 1. The molecule has 0 aliphatic heterocycles. The van der Waals surface area contributed by atoms with Crippen molar-refractivity contribution in [1.82, 2.24) is 5.32 Å². The first-order valence-electron chi connectivity index (χ1n) is 5.69. The van der Waals surface area contributed by atoms with Gasteiger partial charge in [0.05, 0.1) is 13.5 Å². The van der Waals surface area contributed by atoms with Gasteiger partial charge in [0.25, 0.3) is 0 Å². The molecule has 0 aromatic rings. The molecule has 1 saturated carbocycles. The number of carbonyl (C=O) groups is 1. The maximum atomic E-state index is 10.9. The van der Waals surface area contributed by atoms with Crippen molar-refractivity contribution in [1.29, 1.82) is 0 Å². The van der Waals surface area contributed by atoms with Crippen molar-refractivity contribution in [2.24, 2.45) is 0 Å². The van der Waals surface area contributed by atoms with E-state index in [1.165, 1.54) is 32.1 Å².